The largest absolute Gasteiger partial charge is 0.380 e. The molecule has 0 fully saturated rings. The summed E-state index contributed by atoms with van der Waals surface area (Å²) in [6.07, 6.45) is 3.26. The molecule has 1 heterocycles. The lowest BCUT2D eigenvalue weighted by Gasteiger charge is -2.01. The van der Waals surface area contributed by atoms with Crippen LogP contribution in [0.5, 0.6) is 0 Å². The minimum Gasteiger partial charge on any atom is -0.380 e. The van der Waals surface area contributed by atoms with Gasteiger partial charge in [0.25, 0.3) is 0 Å². The standard InChI is InChI=1S/C14H13N3O2/c1-10-3-2-4-12(9-10)13(15)17-19-14(18)11-5-7-16-8-6-11/h2-9H,1H3,(H2,15,17)/p+1. The highest BCUT2D eigenvalue weighted by Crippen LogP contribution is 2.04. The summed E-state index contributed by atoms with van der Waals surface area (Å²) < 4.78 is 0. The number of nitrogens with two attached hydrogens (primary N) is 1. The van der Waals surface area contributed by atoms with Gasteiger partial charge in [0.2, 0.25) is 0 Å². The molecule has 0 amide bonds. The molecule has 1 aromatic carbocycles. The second kappa shape index (κ2) is 5.77. The number of aromatic amines is 1. The van der Waals surface area contributed by atoms with E-state index in [0.717, 1.165) is 5.56 Å². The van der Waals surface area contributed by atoms with E-state index in [1.807, 2.05) is 25.1 Å². The van der Waals surface area contributed by atoms with Crippen LogP contribution in [-0.4, -0.2) is 11.8 Å². The van der Waals surface area contributed by atoms with Crippen molar-refractivity contribution in [1.29, 1.82) is 0 Å². The minimum atomic E-state index is -0.551. The monoisotopic (exact) mass is 256 g/mol. The van der Waals surface area contributed by atoms with Gasteiger partial charge in [-0.25, -0.2) is 9.78 Å². The smallest absolute Gasteiger partial charge is 0.366 e. The maximum atomic E-state index is 11.6. The number of hydrogen-bond donors (Lipinski definition) is 1. The van der Waals surface area contributed by atoms with Crippen LogP contribution in [0.25, 0.3) is 0 Å². The molecule has 1 aromatic heterocycles. The highest BCUT2D eigenvalue weighted by molar-refractivity contribution is 5.98. The predicted molar refractivity (Wildman–Crippen MR) is 70.3 cm³/mol. The fraction of sp³-hybridized carbons (Fsp3) is 0.0714. The van der Waals surface area contributed by atoms with Gasteiger partial charge in [0.1, 0.15) is 0 Å². The first-order chi connectivity index (χ1) is 9.16. The summed E-state index contributed by atoms with van der Waals surface area (Å²) in [4.78, 5) is 19.3. The normalized spacial score (nSPS) is 11.1. The van der Waals surface area contributed by atoms with Crippen LogP contribution in [-0.2, 0) is 4.84 Å². The number of benzene rings is 1. The number of carbonyl (C=O) groups excluding carboxylic acids is 1. The Morgan fingerprint density at radius 3 is 2.63 bits per heavy atom. The lowest BCUT2D eigenvalue weighted by molar-refractivity contribution is -0.378. The molecule has 96 valence electrons. The van der Waals surface area contributed by atoms with Crippen LogP contribution >= 0.6 is 0 Å². The van der Waals surface area contributed by atoms with E-state index in [0.29, 0.717) is 11.1 Å². The first-order valence-electron chi connectivity index (χ1n) is 5.75. The average Bonchev–Trinajstić information content (AvgIpc) is 2.45. The summed E-state index contributed by atoms with van der Waals surface area (Å²) in [5.74, 6) is -0.385. The third kappa shape index (κ3) is 3.38. The lowest BCUT2D eigenvalue weighted by atomic mass is 10.1. The highest BCUT2D eigenvalue weighted by atomic mass is 16.7. The topological polar surface area (TPSA) is 78.8 Å². The van der Waals surface area contributed by atoms with Crippen molar-refractivity contribution in [3.63, 3.8) is 0 Å². The molecule has 0 aliphatic rings. The van der Waals surface area contributed by atoms with Gasteiger partial charge in [-0.1, -0.05) is 28.9 Å². The zero-order valence-electron chi connectivity index (χ0n) is 10.5. The second-order valence-corrected chi connectivity index (χ2v) is 4.01. The number of pyridine rings is 1. The van der Waals surface area contributed by atoms with Crippen LogP contribution in [0.15, 0.2) is 53.9 Å². The molecular weight excluding hydrogens is 242 g/mol. The fourth-order valence-corrected chi connectivity index (χ4v) is 1.52. The van der Waals surface area contributed by atoms with Crippen molar-refractivity contribution in [2.24, 2.45) is 10.9 Å². The van der Waals surface area contributed by atoms with E-state index in [1.165, 1.54) is 0 Å². The molecule has 0 aliphatic heterocycles. The molecule has 19 heavy (non-hydrogen) atoms. The molecule has 2 aromatic rings. The molecule has 2 rings (SSSR count). The lowest BCUT2D eigenvalue weighted by Crippen LogP contribution is -2.15. The summed E-state index contributed by atoms with van der Waals surface area (Å²) in [5.41, 5.74) is 7.93. The molecule has 0 saturated carbocycles. The number of hydrogen-bond acceptors (Lipinski definition) is 3. The Hall–Kier alpha value is -2.69. The number of carbonyl (C=O) groups is 1. The number of oxime groups is 1. The van der Waals surface area contributed by atoms with Gasteiger partial charge < -0.3 is 10.6 Å². The van der Waals surface area contributed by atoms with Gasteiger partial charge in [-0.3, -0.25) is 0 Å². The van der Waals surface area contributed by atoms with Gasteiger partial charge in [0.15, 0.2) is 18.2 Å². The Labute approximate surface area is 110 Å². The van der Waals surface area contributed by atoms with Crippen molar-refractivity contribution in [3.8, 4) is 0 Å². The van der Waals surface area contributed by atoms with E-state index in [9.17, 15) is 4.79 Å². The number of nitrogens with zero attached hydrogens (tertiary/aromatic N) is 1. The van der Waals surface area contributed by atoms with E-state index in [1.54, 1.807) is 30.6 Å². The van der Waals surface area contributed by atoms with E-state index in [4.69, 9.17) is 10.6 Å². The Balaban J connectivity index is 2.09. The van der Waals surface area contributed by atoms with E-state index < -0.39 is 5.97 Å². The Kier molecular flexibility index (Phi) is 3.87. The number of aryl methyl sites for hydroxylation is 1. The predicted octanol–water partition coefficient (Wildman–Crippen LogP) is 1.29. The van der Waals surface area contributed by atoms with E-state index >= 15 is 0 Å². The summed E-state index contributed by atoms with van der Waals surface area (Å²) in [6.45, 7) is 1.95. The van der Waals surface area contributed by atoms with Crippen LogP contribution in [0.1, 0.15) is 21.5 Å². The number of nitrogens with one attached hydrogen (secondary N) is 1. The maximum absolute atomic E-state index is 11.6. The van der Waals surface area contributed by atoms with E-state index in [2.05, 4.69) is 10.1 Å². The molecule has 0 spiro atoms. The van der Waals surface area contributed by atoms with Gasteiger partial charge in [-0.2, -0.15) is 0 Å². The summed E-state index contributed by atoms with van der Waals surface area (Å²) in [5, 5.41) is 3.65. The maximum Gasteiger partial charge on any atom is 0.366 e. The van der Waals surface area contributed by atoms with Crippen LogP contribution < -0.4 is 10.7 Å². The molecule has 5 nitrogen and oxygen atoms in total. The minimum absolute atomic E-state index is 0.166. The fourth-order valence-electron chi connectivity index (χ4n) is 1.52. The van der Waals surface area contributed by atoms with Crippen molar-refractivity contribution in [1.82, 2.24) is 0 Å². The average molecular weight is 256 g/mol. The zero-order chi connectivity index (χ0) is 13.7. The first-order valence-corrected chi connectivity index (χ1v) is 5.75. The number of aromatic nitrogens is 1. The van der Waals surface area contributed by atoms with Crippen molar-refractivity contribution in [3.05, 3.63) is 65.5 Å². The molecule has 0 saturated heterocycles. The van der Waals surface area contributed by atoms with E-state index in [-0.39, 0.29) is 5.84 Å². The third-order valence-electron chi connectivity index (χ3n) is 2.49. The number of amidine groups is 1. The number of rotatable bonds is 3. The third-order valence-corrected chi connectivity index (χ3v) is 2.49. The van der Waals surface area contributed by atoms with Crippen LogP contribution in [0.4, 0.5) is 0 Å². The highest BCUT2D eigenvalue weighted by Gasteiger charge is 2.08. The Morgan fingerprint density at radius 1 is 1.21 bits per heavy atom. The van der Waals surface area contributed by atoms with Gasteiger partial charge in [-0.05, 0) is 13.0 Å². The second-order valence-electron chi connectivity index (χ2n) is 4.01. The molecular formula is C14H14N3O2+. The number of H-pyrrole nitrogens is 1. The summed E-state index contributed by atoms with van der Waals surface area (Å²) in [6, 6.07) is 10.7. The van der Waals surface area contributed by atoms with Crippen molar-refractivity contribution < 1.29 is 14.6 Å². The molecule has 0 atom stereocenters. The molecule has 5 heteroatoms. The molecule has 0 radical (unpaired) electrons. The van der Waals surface area contributed by atoms with Crippen molar-refractivity contribution >= 4 is 11.8 Å². The molecule has 3 N–H and O–H groups in total. The summed E-state index contributed by atoms with van der Waals surface area (Å²) >= 11 is 0. The van der Waals surface area contributed by atoms with Crippen LogP contribution in [0.3, 0.4) is 0 Å². The molecule has 0 bridgehead atoms. The zero-order valence-corrected chi connectivity index (χ0v) is 10.5. The van der Waals surface area contributed by atoms with Crippen molar-refractivity contribution in [2.45, 2.75) is 6.92 Å². The van der Waals surface area contributed by atoms with Crippen LogP contribution in [0, 0.1) is 6.92 Å². The van der Waals surface area contributed by atoms with Crippen molar-refractivity contribution in [2.75, 3.05) is 0 Å². The Morgan fingerprint density at radius 2 is 1.95 bits per heavy atom. The summed E-state index contributed by atoms with van der Waals surface area (Å²) in [7, 11) is 0. The SMILES string of the molecule is Cc1cccc(C(N)=NOC(=O)c2cc[nH+]cc2)c1. The van der Waals surface area contributed by atoms with Crippen LogP contribution in [0.2, 0.25) is 0 Å². The van der Waals surface area contributed by atoms with Gasteiger partial charge >= 0.3 is 5.97 Å². The van der Waals surface area contributed by atoms with Gasteiger partial charge in [-0.15, -0.1) is 0 Å². The molecule has 0 unspecified atom stereocenters. The van der Waals surface area contributed by atoms with Gasteiger partial charge in [0.05, 0.1) is 5.56 Å². The van der Waals surface area contributed by atoms with Gasteiger partial charge in [0, 0.05) is 17.7 Å². The Bertz CT molecular complexity index is 609. The first kappa shape index (κ1) is 12.8. The quantitative estimate of drug-likeness (QED) is 0.389. The molecule has 0 aliphatic carbocycles.